The summed E-state index contributed by atoms with van der Waals surface area (Å²) in [7, 11) is 0. The van der Waals surface area contributed by atoms with Crippen LogP contribution in [0.5, 0.6) is 0 Å². The minimum atomic E-state index is -0.458. The predicted molar refractivity (Wildman–Crippen MR) is 87.6 cm³/mol. The van der Waals surface area contributed by atoms with Gasteiger partial charge < -0.3 is 9.80 Å². The molecule has 0 unspecified atom stereocenters. The second-order valence-corrected chi connectivity index (χ2v) is 5.85. The molecule has 2 rings (SSSR count). The summed E-state index contributed by atoms with van der Waals surface area (Å²) >= 11 is 0. The van der Waals surface area contributed by atoms with Gasteiger partial charge in [0.1, 0.15) is 0 Å². The van der Waals surface area contributed by atoms with Crippen molar-refractivity contribution in [2.24, 2.45) is 0 Å². The first kappa shape index (κ1) is 17.2. The summed E-state index contributed by atoms with van der Waals surface area (Å²) in [4.78, 5) is 39.7. The standard InChI is InChI=1S/C18H24N2O3/c1-3-15-13-19(18(23)16(21)4-2)11-10-17(22)20(15)12-14-8-6-5-7-9-14/h5-9,15H,3-4,10-13H2,1-2H3/t15-/m1/s1. The maximum Gasteiger partial charge on any atom is 0.290 e. The van der Waals surface area contributed by atoms with Gasteiger partial charge in [-0.1, -0.05) is 44.2 Å². The maximum absolute atomic E-state index is 12.5. The number of ketones is 1. The third kappa shape index (κ3) is 4.18. The molecule has 0 aromatic heterocycles. The van der Waals surface area contributed by atoms with Crippen LogP contribution in [0.3, 0.4) is 0 Å². The van der Waals surface area contributed by atoms with E-state index in [-0.39, 0.29) is 30.6 Å². The van der Waals surface area contributed by atoms with Gasteiger partial charge in [-0.15, -0.1) is 0 Å². The van der Waals surface area contributed by atoms with Gasteiger partial charge in [-0.3, -0.25) is 14.4 Å². The lowest BCUT2D eigenvalue weighted by molar-refractivity contribution is -0.144. The van der Waals surface area contributed by atoms with Gasteiger partial charge in [-0.05, 0) is 12.0 Å². The highest BCUT2D eigenvalue weighted by molar-refractivity contribution is 6.36. The van der Waals surface area contributed by atoms with E-state index in [9.17, 15) is 14.4 Å². The number of carbonyl (C=O) groups excluding carboxylic acids is 3. The van der Waals surface area contributed by atoms with Gasteiger partial charge in [0.05, 0.1) is 0 Å². The second-order valence-electron chi connectivity index (χ2n) is 5.85. The third-order valence-corrected chi connectivity index (χ3v) is 4.30. The van der Waals surface area contributed by atoms with Gasteiger partial charge in [0.2, 0.25) is 11.7 Å². The quantitative estimate of drug-likeness (QED) is 0.781. The van der Waals surface area contributed by atoms with Crippen LogP contribution in [-0.2, 0) is 20.9 Å². The Morgan fingerprint density at radius 1 is 1.17 bits per heavy atom. The molecule has 2 amide bonds. The van der Waals surface area contributed by atoms with E-state index in [0.717, 1.165) is 12.0 Å². The van der Waals surface area contributed by atoms with Crippen LogP contribution in [-0.4, -0.2) is 46.5 Å². The monoisotopic (exact) mass is 316 g/mol. The smallest absolute Gasteiger partial charge is 0.290 e. The highest BCUT2D eigenvalue weighted by Gasteiger charge is 2.32. The number of amides is 2. The van der Waals surface area contributed by atoms with Crippen LogP contribution in [0.15, 0.2) is 30.3 Å². The Balaban J connectivity index is 2.15. The summed E-state index contributed by atoms with van der Waals surface area (Å²) in [6, 6.07) is 9.78. The zero-order valence-corrected chi connectivity index (χ0v) is 13.8. The number of Topliss-reactive ketones (excluding diaryl/α,β-unsaturated/α-hetero) is 1. The number of benzene rings is 1. The van der Waals surface area contributed by atoms with E-state index >= 15 is 0 Å². The first-order valence-electron chi connectivity index (χ1n) is 8.22. The minimum Gasteiger partial charge on any atom is -0.334 e. The van der Waals surface area contributed by atoms with Crippen LogP contribution >= 0.6 is 0 Å². The highest BCUT2D eigenvalue weighted by atomic mass is 16.2. The van der Waals surface area contributed by atoms with Gasteiger partial charge >= 0.3 is 0 Å². The van der Waals surface area contributed by atoms with Crippen molar-refractivity contribution in [3.63, 3.8) is 0 Å². The molecule has 1 atom stereocenters. The molecule has 5 heteroatoms. The average molecular weight is 316 g/mol. The SMILES string of the molecule is CCC(=O)C(=O)N1CCC(=O)N(Cc2ccccc2)[C@H](CC)C1. The van der Waals surface area contributed by atoms with Crippen molar-refractivity contribution in [3.05, 3.63) is 35.9 Å². The van der Waals surface area contributed by atoms with Crippen molar-refractivity contribution in [2.45, 2.75) is 45.7 Å². The summed E-state index contributed by atoms with van der Waals surface area (Å²) in [5.41, 5.74) is 1.07. The van der Waals surface area contributed by atoms with Gasteiger partial charge in [0.15, 0.2) is 0 Å². The van der Waals surface area contributed by atoms with E-state index in [1.54, 1.807) is 11.8 Å². The van der Waals surface area contributed by atoms with Crippen molar-refractivity contribution in [3.8, 4) is 0 Å². The average Bonchev–Trinajstić information content (AvgIpc) is 2.74. The van der Waals surface area contributed by atoms with Crippen molar-refractivity contribution >= 4 is 17.6 Å². The summed E-state index contributed by atoms with van der Waals surface area (Å²) in [5, 5.41) is 0. The second kappa shape index (κ2) is 7.90. The number of hydrogen-bond donors (Lipinski definition) is 0. The summed E-state index contributed by atoms with van der Waals surface area (Å²) in [6.07, 6.45) is 1.22. The summed E-state index contributed by atoms with van der Waals surface area (Å²) < 4.78 is 0. The molecule has 0 radical (unpaired) electrons. The molecule has 1 aromatic rings. The Labute approximate surface area is 137 Å². The van der Waals surface area contributed by atoms with Gasteiger partial charge in [-0.2, -0.15) is 0 Å². The fraction of sp³-hybridized carbons (Fsp3) is 0.500. The van der Waals surface area contributed by atoms with Crippen molar-refractivity contribution in [2.75, 3.05) is 13.1 Å². The maximum atomic E-state index is 12.5. The molecule has 1 aliphatic rings. The molecule has 1 aliphatic heterocycles. The molecule has 1 fully saturated rings. The van der Waals surface area contributed by atoms with Crippen molar-refractivity contribution in [1.82, 2.24) is 9.80 Å². The fourth-order valence-corrected chi connectivity index (χ4v) is 2.88. The van der Waals surface area contributed by atoms with Crippen LogP contribution < -0.4 is 0 Å². The summed E-state index contributed by atoms with van der Waals surface area (Å²) in [6.45, 7) is 4.99. The Bertz CT molecular complexity index is 571. The zero-order chi connectivity index (χ0) is 16.8. The topological polar surface area (TPSA) is 57.7 Å². The number of hydrogen-bond acceptors (Lipinski definition) is 3. The number of carbonyl (C=O) groups is 3. The lowest BCUT2D eigenvalue weighted by atomic mass is 10.1. The van der Waals surface area contributed by atoms with Crippen LogP contribution in [0.4, 0.5) is 0 Å². The van der Waals surface area contributed by atoms with E-state index in [1.165, 1.54) is 0 Å². The van der Waals surface area contributed by atoms with Crippen molar-refractivity contribution < 1.29 is 14.4 Å². The Morgan fingerprint density at radius 3 is 2.48 bits per heavy atom. The lowest BCUT2D eigenvalue weighted by Gasteiger charge is -2.31. The lowest BCUT2D eigenvalue weighted by Crippen LogP contribution is -2.45. The van der Waals surface area contributed by atoms with Crippen LogP contribution in [0, 0.1) is 0 Å². The molecule has 23 heavy (non-hydrogen) atoms. The fourth-order valence-electron chi connectivity index (χ4n) is 2.88. The largest absolute Gasteiger partial charge is 0.334 e. The molecule has 1 aromatic carbocycles. The number of nitrogens with zero attached hydrogens (tertiary/aromatic N) is 2. The zero-order valence-electron chi connectivity index (χ0n) is 13.8. The molecule has 0 saturated carbocycles. The first-order valence-corrected chi connectivity index (χ1v) is 8.22. The Hall–Kier alpha value is -2.17. The van der Waals surface area contributed by atoms with E-state index in [0.29, 0.717) is 19.6 Å². The van der Waals surface area contributed by atoms with Gasteiger partial charge in [-0.25, -0.2) is 0 Å². The molecular formula is C18H24N2O3. The number of rotatable bonds is 5. The van der Waals surface area contributed by atoms with Crippen molar-refractivity contribution in [1.29, 1.82) is 0 Å². The van der Waals surface area contributed by atoms with E-state index in [4.69, 9.17) is 0 Å². The normalized spacial score (nSPS) is 18.7. The molecule has 1 saturated heterocycles. The molecule has 0 aliphatic carbocycles. The van der Waals surface area contributed by atoms with E-state index in [1.807, 2.05) is 42.2 Å². The third-order valence-electron chi connectivity index (χ3n) is 4.30. The molecule has 124 valence electrons. The minimum absolute atomic E-state index is 0.0416. The van der Waals surface area contributed by atoms with E-state index < -0.39 is 5.91 Å². The predicted octanol–water partition coefficient (Wildman–Crippen LogP) is 2.01. The molecule has 0 N–H and O–H groups in total. The van der Waals surface area contributed by atoms with Crippen LogP contribution in [0.25, 0.3) is 0 Å². The van der Waals surface area contributed by atoms with Crippen LogP contribution in [0.1, 0.15) is 38.7 Å². The highest BCUT2D eigenvalue weighted by Crippen LogP contribution is 2.18. The Morgan fingerprint density at radius 2 is 1.87 bits per heavy atom. The molecule has 0 bridgehead atoms. The molecule has 0 spiro atoms. The Kier molecular flexibility index (Phi) is 5.90. The van der Waals surface area contributed by atoms with Crippen LogP contribution in [0.2, 0.25) is 0 Å². The van der Waals surface area contributed by atoms with Gasteiger partial charge in [0.25, 0.3) is 5.91 Å². The first-order chi connectivity index (χ1) is 11.1. The molecule has 5 nitrogen and oxygen atoms in total. The molecule has 1 heterocycles. The van der Waals surface area contributed by atoms with E-state index in [2.05, 4.69) is 0 Å². The van der Waals surface area contributed by atoms with Gasteiger partial charge in [0, 0.05) is 38.5 Å². The molecular weight excluding hydrogens is 292 g/mol. The summed E-state index contributed by atoms with van der Waals surface area (Å²) in [5.74, 6) is -0.802.